The maximum Gasteiger partial charge on any atom is 0.408 e. The topological polar surface area (TPSA) is 111 Å². The van der Waals surface area contributed by atoms with Crippen molar-refractivity contribution >= 4 is 18.0 Å². The molecule has 0 aliphatic rings. The first-order chi connectivity index (χ1) is 14.6. The molecule has 0 aliphatic carbocycles. The number of esters is 1. The molecule has 8 heteroatoms. The van der Waals surface area contributed by atoms with Crippen LogP contribution in [0, 0.1) is 0 Å². The zero-order valence-electron chi connectivity index (χ0n) is 18.0. The van der Waals surface area contributed by atoms with Crippen molar-refractivity contribution in [3.8, 4) is 5.75 Å². The van der Waals surface area contributed by atoms with E-state index >= 15 is 0 Å². The van der Waals surface area contributed by atoms with Crippen molar-refractivity contribution < 1.29 is 33.7 Å². The minimum atomic E-state index is -1.15. The summed E-state index contributed by atoms with van der Waals surface area (Å²) in [6, 6.07) is 12.7. The average Bonchev–Trinajstić information content (AvgIpc) is 2.71. The van der Waals surface area contributed by atoms with Gasteiger partial charge in [0.2, 0.25) is 0 Å². The number of amides is 1. The van der Waals surface area contributed by atoms with Crippen molar-refractivity contribution in [3.63, 3.8) is 0 Å². The third-order valence-corrected chi connectivity index (χ3v) is 4.13. The van der Waals surface area contributed by atoms with Crippen molar-refractivity contribution in [2.75, 3.05) is 7.11 Å². The summed E-state index contributed by atoms with van der Waals surface area (Å²) in [6.45, 7) is 5.41. The van der Waals surface area contributed by atoms with Crippen molar-refractivity contribution in [3.05, 3.63) is 65.2 Å². The summed E-state index contributed by atoms with van der Waals surface area (Å²) in [7, 11) is 1.33. The van der Waals surface area contributed by atoms with E-state index in [1.165, 1.54) is 7.11 Å². The minimum Gasteiger partial charge on any atom is -0.489 e. The lowest BCUT2D eigenvalue weighted by Gasteiger charge is -2.22. The number of hydrogen-bond acceptors (Lipinski definition) is 6. The Balaban J connectivity index is 1.92. The molecular weight excluding hydrogens is 402 g/mol. The number of ether oxygens (including phenoxy) is 3. The Kier molecular flexibility index (Phi) is 8.01. The number of carboxylic acids is 1. The second-order valence-electron chi connectivity index (χ2n) is 7.86. The van der Waals surface area contributed by atoms with Crippen LogP contribution in [0.1, 0.15) is 42.3 Å². The molecular formula is C23H27NO7. The van der Waals surface area contributed by atoms with Gasteiger partial charge in [0.15, 0.2) is 0 Å². The molecule has 0 fully saturated rings. The molecule has 166 valence electrons. The largest absolute Gasteiger partial charge is 0.489 e. The van der Waals surface area contributed by atoms with Crippen molar-refractivity contribution in [2.24, 2.45) is 0 Å². The first kappa shape index (κ1) is 23.7. The van der Waals surface area contributed by atoms with Gasteiger partial charge in [0.25, 0.3) is 0 Å². The zero-order valence-corrected chi connectivity index (χ0v) is 18.0. The third-order valence-electron chi connectivity index (χ3n) is 4.13. The number of aliphatic carboxylic acids is 1. The fourth-order valence-electron chi connectivity index (χ4n) is 2.63. The molecule has 2 aromatic rings. The molecule has 0 saturated carbocycles. The Labute approximate surface area is 181 Å². The molecule has 0 saturated heterocycles. The number of rotatable bonds is 8. The smallest absolute Gasteiger partial charge is 0.408 e. The highest BCUT2D eigenvalue weighted by Crippen LogP contribution is 2.16. The predicted molar refractivity (Wildman–Crippen MR) is 113 cm³/mol. The van der Waals surface area contributed by atoms with E-state index in [2.05, 4.69) is 10.1 Å². The van der Waals surface area contributed by atoms with E-state index < -0.39 is 29.7 Å². The van der Waals surface area contributed by atoms with Gasteiger partial charge in [-0.3, -0.25) is 0 Å². The van der Waals surface area contributed by atoms with Gasteiger partial charge in [-0.1, -0.05) is 24.3 Å². The fourth-order valence-corrected chi connectivity index (χ4v) is 2.63. The lowest BCUT2D eigenvalue weighted by atomic mass is 10.1. The van der Waals surface area contributed by atoms with Crippen LogP contribution in [0.3, 0.4) is 0 Å². The number of alkyl carbamates (subject to hydrolysis) is 1. The Morgan fingerprint density at radius 2 is 1.55 bits per heavy atom. The molecule has 2 rings (SSSR count). The highest BCUT2D eigenvalue weighted by Gasteiger charge is 2.24. The van der Waals surface area contributed by atoms with Gasteiger partial charge < -0.3 is 24.6 Å². The molecule has 1 amide bonds. The molecule has 31 heavy (non-hydrogen) atoms. The molecule has 0 heterocycles. The summed E-state index contributed by atoms with van der Waals surface area (Å²) >= 11 is 0. The lowest BCUT2D eigenvalue weighted by Crippen LogP contribution is -2.44. The van der Waals surface area contributed by atoms with Crippen LogP contribution in [0.5, 0.6) is 5.75 Å². The average molecular weight is 429 g/mol. The van der Waals surface area contributed by atoms with E-state index in [1.807, 2.05) is 0 Å². The molecule has 1 atom stereocenters. The molecule has 8 nitrogen and oxygen atoms in total. The van der Waals surface area contributed by atoms with Crippen LogP contribution < -0.4 is 10.1 Å². The number of carbonyl (C=O) groups is 3. The molecule has 2 aromatic carbocycles. The molecule has 0 aromatic heterocycles. The van der Waals surface area contributed by atoms with E-state index in [-0.39, 0.29) is 6.42 Å². The molecule has 0 aliphatic heterocycles. The third kappa shape index (κ3) is 8.00. The summed E-state index contributed by atoms with van der Waals surface area (Å²) in [5.41, 5.74) is 1.34. The van der Waals surface area contributed by atoms with Crippen molar-refractivity contribution in [1.82, 2.24) is 5.32 Å². The summed E-state index contributed by atoms with van der Waals surface area (Å²) in [5.74, 6) is -0.946. The number of carboxylic acid groups (broad SMARTS) is 1. The van der Waals surface area contributed by atoms with Gasteiger partial charge in [-0.2, -0.15) is 0 Å². The highest BCUT2D eigenvalue weighted by atomic mass is 16.6. The van der Waals surface area contributed by atoms with Gasteiger partial charge in [0, 0.05) is 6.42 Å². The van der Waals surface area contributed by atoms with Crippen molar-refractivity contribution in [1.29, 1.82) is 0 Å². The van der Waals surface area contributed by atoms with Gasteiger partial charge in [-0.25, -0.2) is 14.4 Å². The second kappa shape index (κ2) is 10.5. The number of methoxy groups -OCH3 is 1. The number of nitrogens with one attached hydrogen (secondary N) is 1. The van der Waals surface area contributed by atoms with E-state index in [1.54, 1.807) is 69.3 Å². The second-order valence-corrected chi connectivity index (χ2v) is 7.86. The first-order valence-corrected chi connectivity index (χ1v) is 9.68. The molecule has 2 N–H and O–H groups in total. The summed E-state index contributed by atoms with van der Waals surface area (Å²) in [6.07, 6.45) is -0.679. The zero-order chi connectivity index (χ0) is 23.0. The summed E-state index contributed by atoms with van der Waals surface area (Å²) in [5, 5.41) is 11.8. The van der Waals surface area contributed by atoms with Crippen LogP contribution in [-0.2, 0) is 27.3 Å². The fraction of sp³-hybridized carbons (Fsp3) is 0.348. The standard InChI is InChI=1S/C23H27NO7/c1-23(2,3)31-22(28)24-19(20(25)26)13-15-7-11-18(12-8-15)30-14-16-5-9-17(10-6-16)21(27)29-4/h5-12,19H,13-14H2,1-4H3,(H,24,28)(H,25,26). The lowest BCUT2D eigenvalue weighted by molar-refractivity contribution is -0.139. The van der Waals surface area contributed by atoms with Crippen molar-refractivity contribution in [2.45, 2.75) is 45.4 Å². The summed E-state index contributed by atoms with van der Waals surface area (Å²) < 4.78 is 15.5. The molecule has 0 bridgehead atoms. The molecule has 0 spiro atoms. The van der Waals surface area contributed by atoms with Crippen LogP contribution in [-0.4, -0.2) is 41.9 Å². The molecule has 1 unspecified atom stereocenters. The SMILES string of the molecule is COC(=O)c1ccc(COc2ccc(CC(NC(=O)OC(C)(C)C)C(=O)O)cc2)cc1. The quantitative estimate of drug-likeness (QED) is 0.617. The molecule has 0 radical (unpaired) electrons. The van der Waals surface area contributed by atoms with Gasteiger partial charge in [-0.05, 0) is 56.2 Å². The van der Waals surface area contributed by atoms with Gasteiger partial charge in [0.1, 0.15) is 24.0 Å². The van der Waals surface area contributed by atoms with Gasteiger partial charge in [-0.15, -0.1) is 0 Å². The Morgan fingerprint density at radius 1 is 0.968 bits per heavy atom. The van der Waals surface area contributed by atoms with E-state index in [4.69, 9.17) is 9.47 Å². The minimum absolute atomic E-state index is 0.101. The van der Waals surface area contributed by atoms with Crippen LogP contribution in [0.4, 0.5) is 4.79 Å². The number of hydrogen-bond donors (Lipinski definition) is 2. The van der Waals surface area contributed by atoms with E-state index in [0.29, 0.717) is 17.9 Å². The Hall–Kier alpha value is -3.55. The van der Waals surface area contributed by atoms with E-state index in [9.17, 15) is 19.5 Å². The maximum atomic E-state index is 11.9. The summed E-state index contributed by atoms with van der Waals surface area (Å²) in [4.78, 5) is 34.8. The number of carbonyl (C=O) groups excluding carboxylic acids is 2. The van der Waals surface area contributed by atoms with Crippen LogP contribution >= 0.6 is 0 Å². The normalized spacial score (nSPS) is 11.9. The first-order valence-electron chi connectivity index (χ1n) is 9.68. The van der Waals surface area contributed by atoms with Crippen LogP contribution in [0.15, 0.2) is 48.5 Å². The Morgan fingerprint density at radius 3 is 2.06 bits per heavy atom. The van der Waals surface area contributed by atoms with Gasteiger partial charge in [0.05, 0.1) is 12.7 Å². The van der Waals surface area contributed by atoms with Crippen LogP contribution in [0.25, 0.3) is 0 Å². The number of benzene rings is 2. The predicted octanol–water partition coefficient (Wildman–Crippen LogP) is 3.57. The highest BCUT2D eigenvalue weighted by molar-refractivity contribution is 5.89. The van der Waals surface area contributed by atoms with E-state index in [0.717, 1.165) is 11.1 Å². The van der Waals surface area contributed by atoms with Gasteiger partial charge >= 0.3 is 18.0 Å². The Bertz CT molecular complexity index is 899. The van der Waals surface area contributed by atoms with Crippen LogP contribution in [0.2, 0.25) is 0 Å². The maximum absolute atomic E-state index is 11.9. The monoisotopic (exact) mass is 429 g/mol.